The predicted octanol–water partition coefficient (Wildman–Crippen LogP) is 5.23. The summed E-state index contributed by atoms with van der Waals surface area (Å²) in [7, 11) is 0. The van der Waals surface area contributed by atoms with Gasteiger partial charge in [0.15, 0.2) is 5.82 Å². The zero-order valence-electron chi connectivity index (χ0n) is 16.1. The Bertz CT molecular complexity index is 502. The van der Waals surface area contributed by atoms with E-state index in [1.54, 1.807) is 0 Å². The molecule has 0 saturated carbocycles. The molecule has 134 valence electrons. The Kier molecular flexibility index (Phi) is 13.1. The third-order valence-corrected chi connectivity index (χ3v) is 2.73. The Morgan fingerprint density at radius 3 is 1.58 bits per heavy atom. The number of benzene rings is 1. The van der Waals surface area contributed by atoms with Crippen molar-refractivity contribution in [1.29, 1.82) is 0 Å². The highest BCUT2D eigenvalue weighted by atomic mass is 15.2. The summed E-state index contributed by atoms with van der Waals surface area (Å²) in [6.45, 7) is 13.9. The van der Waals surface area contributed by atoms with Crippen molar-refractivity contribution in [3.63, 3.8) is 0 Å². The molecule has 2 rings (SSSR count). The molecule has 1 heterocycles. The number of rotatable bonds is 7. The van der Waals surface area contributed by atoms with E-state index in [4.69, 9.17) is 0 Å². The molecule has 0 aliphatic rings. The van der Waals surface area contributed by atoms with Crippen LogP contribution in [0.2, 0.25) is 0 Å². The highest BCUT2D eigenvalue weighted by molar-refractivity contribution is 5.57. The van der Waals surface area contributed by atoms with Crippen LogP contribution in [0.5, 0.6) is 0 Å². The van der Waals surface area contributed by atoms with E-state index < -0.39 is 0 Å². The summed E-state index contributed by atoms with van der Waals surface area (Å²) in [5.41, 5.74) is 0.994. The van der Waals surface area contributed by atoms with Gasteiger partial charge in [0.2, 0.25) is 11.9 Å². The van der Waals surface area contributed by atoms with E-state index in [9.17, 15) is 0 Å². The molecular formula is C19H33N5. The van der Waals surface area contributed by atoms with E-state index in [0.29, 0.717) is 17.7 Å². The van der Waals surface area contributed by atoms with Crippen molar-refractivity contribution in [3.8, 4) is 11.4 Å². The monoisotopic (exact) mass is 331 g/mol. The van der Waals surface area contributed by atoms with Gasteiger partial charge in [-0.25, -0.2) is 0 Å². The van der Waals surface area contributed by atoms with Crippen LogP contribution in [-0.4, -0.2) is 28.0 Å². The lowest BCUT2D eigenvalue weighted by Gasteiger charge is -2.09. The average Bonchev–Trinajstić information content (AvgIpc) is 2.68. The maximum absolute atomic E-state index is 4.48. The molecule has 0 amide bonds. The first-order chi connectivity index (χ1) is 11.8. The van der Waals surface area contributed by atoms with E-state index in [0.717, 1.165) is 31.5 Å². The molecule has 0 atom stereocenters. The summed E-state index contributed by atoms with van der Waals surface area (Å²) in [5, 5.41) is 6.44. The summed E-state index contributed by atoms with van der Waals surface area (Å²) in [4.78, 5) is 13.3. The minimum Gasteiger partial charge on any atom is -0.354 e. The lowest BCUT2D eigenvalue weighted by atomic mass is 10.2. The van der Waals surface area contributed by atoms with Crippen molar-refractivity contribution in [2.45, 2.75) is 54.4 Å². The smallest absolute Gasteiger partial charge is 0.228 e. The van der Waals surface area contributed by atoms with Gasteiger partial charge in [-0.05, 0) is 12.8 Å². The van der Waals surface area contributed by atoms with Gasteiger partial charge in [0.25, 0.3) is 0 Å². The number of nitrogens with zero attached hydrogens (tertiary/aromatic N) is 3. The Balaban J connectivity index is 0.00000123. The first-order valence-corrected chi connectivity index (χ1v) is 9.12. The highest BCUT2D eigenvalue weighted by Gasteiger charge is 2.07. The summed E-state index contributed by atoms with van der Waals surface area (Å²) >= 11 is 0. The lowest BCUT2D eigenvalue weighted by Crippen LogP contribution is -2.11. The zero-order valence-corrected chi connectivity index (χ0v) is 16.1. The molecule has 2 N–H and O–H groups in total. The normalized spacial score (nSPS) is 9.08. The summed E-state index contributed by atoms with van der Waals surface area (Å²) in [6.07, 6.45) is 2.06. The zero-order chi connectivity index (χ0) is 18.2. The van der Waals surface area contributed by atoms with Gasteiger partial charge < -0.3 is 10.6 Å². The molecule has 0 bridgehead atoms. The molecular weight excluding hydrogens is 298 g/mol. The van der Waals surface area contributed by atoms with Crippen LogP contribution in [0.25, 0.3) is 11.4 Å². The minimum atomic E-state index is 0.624. The van der Waals surface area contributed by atoms with E-state index in [-0.39, 0.29) is 0 Å². The molecule has 0 fully saturated rings. The van der Waals surface area contributed by atoms with Crippen molar-refractivity contribution in [1.82, 2.24) is 15.0 Å². The molecule has 1 aromatic heterocycles. The third-order valence-electron chi connectivity index (χ3n) is 2.73. The molecule has 0 spiro atoms. The number of hydrogen-bond acceptors (Lipinski definition) is 5. The van der Waals surface area contributed by atoms with E-state index in [2.05, 4.69) is 39.4 Å². The Labute approximate surface area is 147 Å². The SMILES string of the molecule is CC.CC.CCCNc1nc(NCCC)nc(-c2ccccc2)n1. The molecule has 24 heavy (non-hydrogen) atoms. The van der Waals surface area contributed by atoms with Gasteiger partial charge >= 0.3 is 0 Å². The largest absolute Gasteiger partial charge is 0.354 e. The fraction of sp³-hybridized carbons (Fsp3) is 0.526. The van der Waals surface area contributed by atoms with Gasteiger partial charge in [-0.1, -0.05) is 71.9 Å². The summed E-state index contributed by atoms with van der Waals surface area (Å²) in [5.74, 6) is 1.94. The second-order valence-corrected chi connectivity index (χ2v) is 4.53. The third kappa shape index (κ3) is 7.90. The van der Waals surface area contributed by atoms with Crippen LogP contribution in [0.15, 0.2) is 30.3 Å². The van der Waals surface area contributed by atoms with Crippen molar-refractivity contribution in [2.24, 2.45) is 0 Å². The quantitative estimate of drug-likeness (QED) is 0.727. The first kappa shape index (κ1) is 21.8. The van der Waals surface area contributed by atoms with Crippen LogP contribution in [0.1, 0.15) is 54.4 Å². The van der Waals surface area contributed by atoms with Gasteiger partial charge in [-0.2, -0.15) is 15.0 Å². The first-order valence-electron chi connectivity index (χ1n) is 9.12. The second-order valence-electron chi connectivity index (χ2n) is 4.53. The Hall–Kier alpha value is -2.17. The van der Waals surface area contributed by atoms with Gasteiger partial charge in [0, 0.05) is 18.7 Å². The summed E-state index contributed by atoms with van der Waals surface area (Å²) < 4.78 is 0. The van der Waals surface area contributed by atoms with Gasteiger partial charge in [0.05, 0.1) is 0 Å². The lowest BCUT2D eigenvalue weighted by molar-refractivity contribution is 0.919. The van der Waals surface area contributed by atoms with Crippen molar-refractivity contribution in [2.75, 3.05) is 23.7 Å². The van der Waals surface area contributed by atoms with E-state index in [1.165, 1.54) is 0 Å². The van der Waals surface area contributed by atoms with Crippen LogP contribution < -0.4 is 10.6 Å². The molecule has 5 heteroatoms. The Morgan fingerprint density at radius 2 is 1.17 bits per heavy atom. The molecule has 0 radical (unpaired) electrons. The van der Waals surface area contributed by atoms with Gasteiger partial charge in [0.1, 0.15) is 0 Å². The molecule has 0 unspecified atom stereocenters. The highest BCUT2D eigenvalue weighted by Crippen LogP contribution is 2.17. The number of anilines is 2. The second kappa shape index (κ2) is 14.4. The van der Waals surface area contributed by atoms with Crippen molar-refractivity contribution in [3.05, 3.63) is 30.3 Å². The average molecular weight is 332 g/mol. The molecule has 1 aromatic carbocycles. The van der Waals surface area contributed by atoms with Crippen LogP contribution >= 0.6 is 0 Å². The van der Waals surface area contributed by atoms with Crippen molar-refractivity contribution >= 4 is 11.9 Å². The molecule has 0 aliphatic carbocycles. The summed E-state index contributed by atoms with van der Waals surface area (Å²) in [6, 6.07) is 9.96. The van der Waals surface area contributed by atoms with E-state index >= 15 is 0 Å². The van der Waals surface area contributed by atoms with Crippen LogP contribution in [0.4, 0.5) is 11.9 Å². The predicted molar refractivity (Wildman–Crippen MR) is 106 cm³/mol. The fourth-order valence-corrected chi connectivity index (χ4v) is 1.72. The van der Waals surface area contributed by atoms with Gasteiger partial charge in [-0.15, -0.1) is 0 Å². The fourth-order valence-electron chi connectivity index (χ4n) is 1.72. The standard InChI is InChI=1S/C15H21N5.2C2H6/c1-3-10-16-14-18-13(12-8-6-5-7-9-12)19-15(20-14)17-11-4-2;2*1-2/h5-9H,3-4,10-11H2,1-2H3,(H2,16,17,18,19,20);2*1-2H3. The number of aromatic nitrogens is 3. The van der Waals surface area contributed by atoms with Crippen LogP contribution in [0, 0.1) is 0 Å². The van der Waals surface area contributed by atoms with Crippen LogP contribution in [-0.2, 0) is 0 Å². The molecule has 0 saturated heterocycles. The van der Waals surface area contributed by atoms with Crippen molar-refractivity contribution < 1.29 is 0 Å². The topological polar surface area (TPSA) is 62.7 Å². The van der Waals surface area contributed by atoms with E-state index in [1.807, 2.05) is 58.0 Å². The van der Waals surface area contributed by atoms with Crippen LogP contribution in [0.3, 0.4) is 0 Å². The maximum atomic E-state index is 4.48. The number of hydrogen-bond donors (Lipinski definition) is 2. The minimum absolute atomic E-state index is 0.624. The molecule has 0 aliphatic heterocycles. The van der Waals surface area contributed by atoms with Gasteiger partial charge in [-0.3, -0.25) is 0 Å². The Morgan fingerprint density at radius 1 is 0.708 bits per heavy atom. The number of nitrogens with one attached hydrogen (secondary N) is 2. The maximum Gasteiger partial charge on any atom is 0.228 e. The molecule has 2 aromatic rings. The molecule has 5 nitrogen and oxygen atoms in total.